The fourth-order valence-electron chi connectivity index (χ4n) is 4.09. The molecule has 0 atom stereocenters. The van der Waals surface area contributed by atoms with Gasteiger partial charge in [0.2, 0.25) is 0 Å². The minimum absolute atomic E-state index is 0.257. The number of fused-ring (bicyclic) bond motifs is 3. The maximum atomic E-state index is 2.52. The highest BCUT2D eigenvalue weighted by Gasteiger charge is 2.38. The first-order valence-corrected chi connectivity index (χ1v) is 8.25. The van der Waals surface area contributed by atoms with Crippen LogP contribution < -0.4 is 0 Å². The van der Waals surface area contributed by atoms with Gasteiger partial charge < -0.3 is 0 Å². The van der Waals surface area contributed by atoms with Crippen molar-refractivity contribution in [2.75, 3.05) is 0 Å². The van der Waals surface area contributed by atoms with Crippen LogP contribution in [-0.4, -0.2) is 0 Å². The van der Waals surface area contributed by atoms with Gasteiger partial charge in [0.25, 0.3) is 0 Å². The fraction of sp³-hybridized carbons (Fsp3) is 0.500. The van der Waals surface area contributed by atoms with Crippen molar-refractivity contribution in [3.8, 4) is 0 Å². The van der Waals surface area contributed by atoms with Crippen LogP contribution in [0.15, 0.2) is 29.9 Å². The van der Waals surface area contributed by atoms with E-state index >= 15 is 0 Å². The van der Waals surface area contributed by atoms with E-state index in [4.69, 9.17) is 0 Å². The summed E-state index contributed by atoms with van der Waals surface area (Å²) in [4.78, 5) is 0. The van der Waals surface area contributed by atoms with Crippen LogP contribution in [0.1, 0.15) is 69.2 Å². The van der Waals surface area contributed by atoms with Crippen LogP contribution in [0.5, 0.6) is 0 Å². The second-order valence-electron chi connectivity index (χ2n) is 6.48. The van der Waals surface area contributed by atoms with Crippen molar-refractivity contribution < 1.29 is 0 Å². The zero-order valence-electron chi connectivity index (χ0n) is 13.3. The lowest BCUT2D eigenvalue weighted by Crippen LogP contribution is -2.18. The van der Waals surface area contributed by atoms with E-state index in [0.29, 0.717) is 0 Å². The molecule has 0 fully saturated rings. The molecule has 0 saturated heterocycles. The molecule has 0 bridgehead atoms. The standard InChI is InChI=1S/C18H20.C2H6/c1-18(2)16-9-4-3-8-14(16)15-10-12-6-5-7-13(12)11-17(15)18;1-2/h3,8,10-11H,4-7,9H2,1-2H3;1-2H3. The van der Waals surface area contributed by atoms with E-state index in [1.165, 1.54) is 43.2 Å². The smallest absolute Gasteiger partial charge is 0.0121 e. The Morgan fingerprint density at radius 2 is 1.65 bits per heavy atom. The Hall–Kier alpha value is -1.30. The predicted octanol–water partition coefficient (Wildman–Crippen LogP) is 5.60. The molecular formula is C20H26. The Bertz CT molecular complexity index is 597. The van der Waals surface area contributed by atoms with Gasteiger partial charge in [0.15, 0.2) is 0 Å². The van der Waals surface area contributed by atoms with Crippen molar-refractivity contribution >= 4 is 5.57 Å². The monoisotopic (exact) mass is 266 g/mol. The van der Waals surface area contributed by atoms with E-state index in [1.807, 2.05) is 13.8 Å². The molecule has 106 valence electrons. The molecule has 0 unspecified atom stereocenters. The molecule has 3 aliphatic carbocycles. The van der Waals surface area contributed by atoms with Gasteiger partial charge in [-0.05, 0) is 59.9 Å². The summed E-state index contributed by atoms with van der Waals surface area (Å²) in [6, 6.07) is 5.02. The van der Waals surface area contributed by atoms with Crippen LogP contribution in [0, 0.1) is 0 Å². The third-order valence-corrected chi connectivity index (χ3v) is 5.12. The molecule has 0 saturated carbocycles. The molecule has 0 radical (unpaired) electrons. The SMILES string of the molecule is CC.CC1(C)C2=C(C=CCC2)c2cc3c(cc21)CCC3. The van der Waals surface area contributed by atoms with Crippen molar-refractivity contribution in [2.45, 2.75) is 65.2 Å². The van der Waals surface area contributed by atoms with Crippen molar-refractivity contribution in [1.29, 1.82) is 0 Å². The van der Waals surface area contributed by atoms with Gasteiger partial charge in [-0.1, -0.05) is 57.6 Å². The first-order chi connectivity index (χ1) is 9.68. The molecule has 0 N–H and O–H groups in total. The average molecular weight is 266 g/mol. The summed E-state index contributed by atoms with van der Waals surface area (Å²) < 4.78 is 0. The van der Waals surface area contributed by atoms with E-state index in [-0.39, 0.29) is 5.41 Å². The summed E-state index contributed by atoms with van der Waals surface area (Å²) in [7, 11) is 0. The first kappa shape index (κ1) is 13.7. The second kappa shape index (κ2) is 4.91. The molecule has 0 spiro atoms. The third kappa shape index (κ3) is 1.81. The number of hydrogen-bond donors (Lipinski definition) is 0. The molecule has 4 rings (SSSR count). The Morgan fingerprint density at radius 1 is 0.950 bits per heavy atom. The highest BCUT2D eigenvalue weighted by molar-refractivity contribution is 5.87. The van der Waals surface area contributed by atoms with Crippen molar-refractivity contribution in [3.05, 3.63) is 52.1 Å². The lowest BCUT2D eigenvalue weighted by molar-refractivity contribution is 0.606. The van der Waals surface area contributed by atoms with Crippen molar-refractivity contribution in [1.82, 2.24) is 0 Å². The zero-order chi connectivity index (χ0) is 14.3. The minimum atomic E-state index is 0.257. The maximum Gasteiger partial charge on any atom is 0.0121 e. The number of hydrogen-bond acceptors (Lipinski definition) is 0. The van der Waals surface area contributed by atoms with Gasteiger partial charge in [0.05, 0.1) is 0 Å². The molecule has 0 aliphatic heterocycles. The Balaban J connectivity index is 0.000000581. The number of rotatable bonds is 0. The molecule has 1 aromatic carbocycles. The van der Waals surface area contributed by atoms with Crippen molar-refractivity contribution in [3.63, 3.8) is 0 Å². The van der Waals surface area contributed by atoms with Gasteiger partial charge in [-0.15, -0.1) is 0 Å². The van der Waals surface area contributed by atoms with E-state index in [2.05, 4.69) is 38.1 Å². The van der Waals surface area contributed by atoms with Gasteiger partial charge in [0, 0.05) is 5.41 Å². The van der Waals surface area contributed by atoms with Crippen LogP contribution in [0.4, 0.5) is 0 Å². The van der Waals surface area contributed by atoms with E-state index in [0.717, 1.165) is 0 Å². The Kier molecular flexibility index (Phi) is 3.36. The largest absolute Gasteiger partial charge is 0.0836 e. The quantitative estimate of drug-likeness (QED) is 0.573. The lowest BCUT2D eigenvalue weighted by Gasteiger charge is -2.26. The molecule has 0 nitrogen and oxygen atoms in total. The van der Waals surface area contributed by atoms with Gasteiger partial charge in [-0.3, -0.25) is 0 Å². The van der Waals surface area contributed by atoms with Crippen LogP contribution in [-0.2, 0) is 18.3 Å². The van der Waals surface area contributed by atoms with Crippen molar-refractivity contribution in [2.24, 2.45) is 0 Å². The second-order valence-corrected chi connectivity index (χ2v) is 6.48. The van der Waals surface area contributed by atoms with E-state index < -0.39 is 0 Å². The molecule has 3 aliphatic rings. The topological polar surface area (TPSA) is 0 Å². The summed E-state index contributed by atoms with van der Waals surface area (Å²) in [5, 5.41) is 0. The highest BCUT2D eigenvalue weighted by atomic mass is 14.4. The van der Waals surface area contributed by atoms with Crippen LogP contribution in [0.3, 0.4) is 0 Å². The summed E-state index contributed by atoms with van der Waals surface area (Å²) in [6.07, 6.45) is 11.1. The summed E-state index contributed by atoms with van der Waals surface area (Å²) in [5.74, 6) is 0. The Labute approximate surface area is 123 Å². The summed E-state index contributed by atoms with van der Waals surface area (Å²) >= 11 is 0. The van der Waals surface area contributed by atoms with Crippen LogP contribution >= 0.6 is 0 Å². The fourth-order valence-corrected chi connectivity index (χ4v) is 4.09. The Morgan fingerprint density at radius 3 is 2.40 bits per heavy atom. The lowest BCUT2D eigenvalue weighted by atomic mass is 9.78. The number of allylic oxidation sites excluding steroid dienone is 4. The molecule has 0 heterocycles. The molecule has 0 heteroatoms. The van der Waals surface area contributed by atoms with Gasteiger partial charge in [-0.25, -0.2) is 0 Å². The molecule has 0 amide bonds. The van der Waals surface area contributed by atoms with E-state index in [1.54, 1.807) is 22.3 Å². The normalized spacial score (nSPS) is 21.0. The van der Waals surface area contributed by atoms with Crippen LogP contribution in [0.25, 0.3) is 5.57 Å². The van der Waals surface area contributed by atoms with E-state index in [9.17, 15) is 0 Å². The summed E-state index contributed by atoms with van der Waals surface area (Å²) in [6.45, 7) is 8.82. The minimum Gasteiger partial charge on any atom is -0.0836 e. The van der Waals surface area contributed by atoms with Gasteiger partial charge in [0.1, 0.15) is 0 Å². The van der Waals surface area contributed by atoms with Gasteiger partial charge in [-0.2, -0.15) is 0 Å². The highest BCUT2D eigenvalue weighted by Crippen LogP contribution is 2.51. The molecule has 0 aromatic heterocycles. The maximum absolute atomic E-state index is 2.52. The van der Waals surface area contributed by atoms with Gasteiger partial charge >= 0.3 is 0 Å². The number of benzene rings is 1. The average Bonchev–Trinajstić information content (AvgIpc) is 3.02. The predicted molar refractivity (Wildman–Crippen MR) is 88.1 cm³/mol. The number of aryl methyl sites for hydroxylation is 2. The zero-order valence-corrected chi connectivity index (χ0v) is 13.3. The third-order valence-electron chi connectivity index (χ3n) is 5.12. The first-order valence-electron chi connectivity index (χ1n) is 8.25. The van der Waals surface area contributed by atoms with Crippen LogP contribution in [0.2, 0.25) is 0 Å². The molecule has 1 aromatic rings. The molecule has 20 heavy (non-hydrogen) atoms. The summed E-state index contributed by atoms with van der Waals surface area (Å²) in [5.41, 5.74) is 9.81. The molecular weight excluding hydrogens is 240 g/mol.